The maximum absolute atomic E-state index is 9.56. The van der Waals surface area contributed by atoms with Crippen molar-refractivity contribution >= 4 is 118 Å². The number of nitriles is 1. The summed E-state index contributed by atoms with van der Waals surface area (Å²) in [6.07, 6.45) is 18.2. The number of allylic oxidation sites excluding steroid dienone is 12. The zero-order chi connectivity index (χ0) is 61.7. The van der Waals surface area contributed by atoms with Crippen molar-refractivity contribution in [3.63, 3.8) is 0 Å². The van der Waals surface area contributed by atoms with Crippen molar-refractivity contribution in [1.82, 2.24) is 13.7 Å². The summed E-state index contributed by atoms with van der Waals surface area (Å²) in [7, 11) is 0. The molecule has 0 unspecified atom stereocenters. The van der Waals surface area contributed by atoms with Gasteiger partial charge in [0.15, 0.2) is 0 Å². The number of ether oxygens (including phenoxy) is 4. The molecule has 5 aliphatic rings. The number of benzene rings is 10. The largest absolute Gasteiger partial charge is 0.462 e. The summed E-state index contributed by atoms with van der Waals surface area (Å²) in [5.74, 6) is 6.53. The highest BCUT2D eigenvalue weighted by Gasteiger charge is 2.44. The Morgan fingerprint density at radius 2 is 1.05 bits per heavy atom. The van der Waals surface area contributed by atoms with Crippen molar-refractivity contribution in [2.75, 3.05) is 0 Å². The maximum Gasteiger partial charge on any atom is 0.260 e. The Labute approximate surface area is 536 Å². The fourth-order valence-electron chi connectivity index (χ4n) is 14.6. The predicted molar refractivity (Wildman–Crippen MR) is 380 cm³/mol. The molecule has 7 heterocycles. The number of fused-ring (bicyclic) bond motifs is 17. The molecule has 4 aliphatic heterocycles. The molecule has 92 heavy (non-hydrogen) atoms. The Bertz CT molecular complexity index is 5620. The number of para-hydroxylation sites is 5. The standard InChI is InChI=1S/C75H46B2N4O4S.C6H8/c1-3-15-62-54(4-2)76-55-18-7-13-24-64(55)85-69-42-47(41-68(83-62)73(69)76)80-59-22-11-6-17-53(59)71-61(80)38-36-51-50-35-37-60-70(74(50)81(75(51)71)45-28-33-49(34-29-45)86-48-31-26-44(43-78)27-32-48)52-16-5-10-21-58(52)79(60)46-30-39-66-72-67(40-46)84-65-25-14-9-20-57(65)77(72)56-19-8-12-23-63(56)82-66;1-3-5-6-4-2/h3-38,40-42H,2,39H2,1H3;3-6H,1-2H2/b15-3-;6-5-. The molecule has 8 nitrogen and oxygen atoms in total. The molecule has 3 aromatic heterocycles. The lowest BCUT2D eigenvalue weighted by Gasteiger charge is -2.34. The van der Waals surface area contributed by atoms with E-state index in [2.05, 4.69) is 228 Å². The minimum absolute atomic E-state index is 0.0329. The smallest absolute Gasteiger partial charge is 0.260 e. The number of hydrogen-bond acceptors (Lipinski definition) is 6. The quantitative estimate of drug-likeness (QED) is 0.106. The van der Waals surface area contributed by atoms with Crippen molar-refractivity contribution in [2.45, 2.75) is 23.1 Å². The summed E-state index contributed by atoms with van der Waals surface area (Å²) in [6, 6.07) is 75.4. The monoisotopic (exact) mass is 1200 g/mol. The normalized spacial score (nSPS) is 14.3. The Kier molecular flexibility index (Phi) is 13.0. The first-order valence-corrected chi connectivity index (χ1v) is 31.7. The van der Waals surface area contributed by atoms with Gasteiger partial charge in [-0.15, -0.1) is 0 Å². The molecular weight excluding hydrogens is 1150 g/mol. The van der Waals surface area contributed by atoms with Gasteiger partial charge in [-0.2, -0.15) is 5.26 Å². The molecule has 18 rings (SSSR count). The summed E-state index contributed by atoms with van der Waals surface area (Å²) in [5.41, 5.74) is 16.5. The van der Waals surface area contributed by atoms with Crippen molar-refractivity contribution < 1.29 is 18.9 Å². The lowest BCUT2D eigenvalue weighted by atomic mass is 9.34. The van der Waals surface area contributed by atoms with Gasteiger partial charge in [-0.25, -0.2) is 0 Å². The minimum atomic E-state index is -0.114. The molecule has 0 fully saturated rings. The second kappa shape index (κ2) is 21.9. The van der Waals surface area contributed by atoms with Crippen molar-refractivity contribution in [1.29, 1.82) is 5.26 Å². The lowest BCUT2D eigenvalue weighted by molar-refractivity contribution is 0.393. The van der Waals surface area contributed by atoms with E-state index in [0.717, 1.165) is 171 Å². The zero-order valence-electron chi connectivity index (χ0n) is 50.1. The molecule has 0 atom stereocenters. The van der Waals surface area contributed by atoms with Gasteiger partial charge in [-0.3, -0.25) is 0 Å². The average Bonchev–Trinajstić information content (AvgIpc) is 1.50. The van der Waals surface area contributed by atoms with E-state index in [0.29, 0.717) is 12.0 Å². The molecule has 11 heteroatoms. The van der Waals surface area contributed by atoms with Gasteiger partial charge in [0.25, 0.3) is 13.4 Å². The van der Waals surface area contributed by atoms with E-state index in [1.54, 1.807) is 23.9 Å². The topological polar surface area (TPSA) is 75.5 Å². The summed E-state index contributed by atoms with van der Waals surface area (Å²) in [5, 5.41) is 16.4. The number of rotatable bonds is 9. The SMILES string of the molecule is C=C/C=C\C=C.C=CC1=C(/C=C\C)Oc2cc(-n3c4ccccc4c4c3ccc3c5ccc6c(c7ccccc7n6C6=CCC7=C8B(c9ccccc9OC8=C6)c6ccccc6O7)c5n(-c5ccc(Sc6ccc(C#N)cc6)cc5)c34)cc3c2B1c1ccccc1O3. The Morgan fingerprint density at radius 3 is 1.66 bits per heavy atom. The van der Waals surface area contributed by atoms with Gasteiger partial charge in [-0.05, 0) is 126 Å². The van der Waals surface area contributed by atoms with Crippen LogP contribution in [0.3, 0.4) is 0 Å². The molecule has 434 valence electrons. The summed E-state index contributed by atoms with van der Waals surface area (Å²) in [4.78, 5) is 2.15. The van der Waals surface area contributed by atoms with E-state index in [-0.39, 0.29) is 13.4 Å². The van der Waals surface area contributed by atoms with Crippen LogP contribution in [0.1, 0.15) is 18.9 Å². The van der Waals surface area contributed by atoms with Gasteiger partial charge in [0.1, 0.15) is 46.0 Å². The van der Waals surface area contributed by atoms with Gasteiger partial charge < -0.3 is 32.6 Å². The lowest BCUT2D eigenvalue weighted by Crippen LogP contribution is -2.51. The van der Waals surface area contributed by atoms with E-state index in [1.807, 2.05) is 67.6 Å². The summed E-state index contributed by atoms with van der Waals surface area (Å²) >= 11 is 1.68. The molecule has 0 saturated heterocycles. The van der Waals surface area contributed by atoms with Gasteiger partial charge in [0, 0.05) is 89.1 Å². The molecule has 1 aliphatic carbocycles. The van der Waals surface area contributed by atoms with E-state index < -0.39 is 0 Å². The predicted octanol–water partition coefficient (Wildman–Crippen LogP) is 17.6. The van der Waals surface area contributed by atoms with Crippen LogP contribution in [-0.2, 0) is 0 Å². The maximum atomic E-state index is 9.56. The van der Waals surface area contributed by atoms with Crippen molar-refractivity contribution in [3.8, 4) is 46.2 Å². The van der Waals surface area contributed by atoms with E-state index in [4.69, 9.17) is 18.9 Å². The second-order valence-electron chi connectivity index (χ2n) is 23.3. The van der Waals surface area contributed by atoms with E-state index in [9.17, 15) is 5.26 Å². The zero-order valence-corrected chi connectivity index (χ0v) is 51.0. The van der Waals surface area contributed by atoms with Crippen LogP contribution >= 0.6 is 11.8 Å². The van der Waals surface area contributed by atoms with Crippen LogP contribution in [0.4, 0.5) is 0 Å². The molecular formula is C81H54B2N4O4S. The van der Waals surface area contributed by atoms with Crippen LogP contribution in [0, 0.1) is 11.3 Å². The molecule has 0 amide bonds. The van der Waals surface area contributed by atoms with Crippen LogP contribution in [0.25, 0.3) is 82.5 Å². The van der Waals surface area contributed by atoms with Crippen LogP contribution in [0.2, 0.25) is 0 Å². The number of nitrogens with zero attached hydrogens (tertiary/aromatic N) is 4. The fourth-order valence-corrected chi connectivity index (χ4v) is 15.4. The molecule has 0 radical (unpaired) electrons. The molecule has 0 spiro atoms. The van der Waals surface area contributed by atoms with E-state index in [1.165, 1.54) is 0 Å². The molecule has 0 N–H and O–H groups in total. The number of aromatic nitrogens is 3. The highest BCUT2D eigenvalue weighted by Crippen LogP contribution is 2.49. The molecule has 13 aromatic rings. The Hall–Kier alpha value is -11.6. The van der Waals surface area contributed by atoms with Gasteiger partial charge in [0.05, 0.1) is 50.4 Å². The second-order valence-corrected chi connectivity index (χ2v) is 24.4. The third-order valence-electron chi connectivity index (χ3n) is 18.3. The minimum Gasteiger partial charge on any atom is -0.462 e. The Balaban J connectivity index is 0.00000103. The first-order valence-electron chi connectivity index (χ1n) is 30.9. The third-order valence-corrected chi connectivity index (χ3v) is 19.3. The summed E-state index contributed by atoms with van der Waals surface area (Å²) in [6.45, 7) is 13.1. The molecule has 10 aromatic carbocycles. The van der Waals surface area contributed by atoms with Crippen LogP contribution in [0.15, 0.2) is 319 Å². The fraction of sp³-hybridized carbons (Fsp3) is 0.0247. The molecule has 0 saturated carbocycles. The first-order chi connectivity index (χ1) is 45.4. The van der Waals surface area contributed by atoms with Gasteiger partial charge >= 0.3 is 0 Å². The van der Waals surface area contributed by atoms with Gasteiger partial charge in [-0.1, -0.05) is 177 Å². The Morgan fingerprint density at radius 1 is 0.511 bits per heavy atom. The number of hydrogen-bond donors (Lipinski definition) is 0. The first kappa shape index (κ1) is 54.6. The highest BCUT2D eigenvalue weighted by molar-refractivity contribution is 7.99. The average molecular weight is 1200 g/mol. The van der Waals surface area contributed by atoms with Crippen LogP contribution in [-0.4, -0.2) is 27.1 Å². The molecule has 0 bridgehead atoms. The van der Waals surface area contributed by atoms with Crippen LogP contribution in [0.5, 0.6) is 28.7 Å². The van der Waals surface area contributed by atoms with E-state index >= 15 is 0 Å². The van der Waals surface area contributed by atoms with Gasteiger partial charge in [0.2, 0.25) is 0 Å². The highest BCUT2D eigenvalue weighted by atomic mass is 32.2. The van der Waals surface area contributed by atoms with Crippen LogP contribution < -0.4 is 40.8 Å². The summed E-state index contributed by atoms with van der Waals surface area (Å²) < 4.78 is 35.0. The van der Waals surface area contributed by atoms with Crippen molar-refractivity contribution in [3.05, 3.63) is 314 Å². The van der Waals surface area contributed by atoms with Crippen molar-refractivity contribution in [2.24, 2.45) is 0 Å². The third kappa shape index (κ3) is 8.41.